The summed E-state index contributed by atoms with van der Waals surface area (Å²) in [5.41, 5.74) is 5.68. The first-order valence-corrected chi connectivity index (χ1v) is 3.58. The van der Waals surface area contributed by atoms with Gasteiger partial charge in [0.15, 0.2) is 13.1 Å². The summed E-state index contributed by atoms with van der Waals surface area (Å²) in [6.07, 6.45) is -0.917. The van der Waals surface area contributed by atoms with Gasteiger partial charge in [-0.15, -0.1) is 0 Å². The Hall–Kier alpha value is -0.200. The van der Waals surface area contributed by atoms with Gasteiger partial charge in [-0.3, -0.25) is 0 Å². The fraction of sp³-hybridized carbons (Fsp3) is 1.00. The van der Waals surface area contributed by atoms with E-state index in [-0.39, 0.29) is 37.9 Å². The molecule has 0 radical (unpaired) electrons. The summed E-state index contributed by atoms with van der Waals surface area (Å²) < 4.78 is 15.4. The normalized spacial score (nSPS) is 49.6. The third-order valence-electron chi connectivity index (χ3n) is 2.06. The van der Waals surface area contributed by atoms with Crippen LogP contribution in [0.1, 0.15) is 0 Å². The molecule has 0 aromatic carbocycles. The lowest BCUT2D eigenvalue weighted by Gasteiger charge is -2.13. The second-order valence-corrected chi connectivity index (χ2v) is 2.72. The molecule has 2 heterocycles. The highest BCUT2D eigenvalue weighted by Crippen LogP contribution is 2.27. The van der Waals surface area contributed by atoms with Crippen molar-refractivity contribution in [3.63, 3.8) is 0 Å². The van der Waals surface area contributed by atoms with Crippen LogP contribution >= 0.6 is 0 Å². The van der Waals surface area contributed by atoms with Gasteiger partial charge in [0.25, 0.3) is 0 Å². The Labute approximate surface area is 64.0 Å². The highest BCUT2D eigenvalue weighted by Gasteiger charge is 2.46. The zero-order valence-electron chi connectivity index (χ0n) is 5.97. The third kappa shape index (κ3) is 1.05. The lowest BCUT2D eigenvalue weighted by atomic mass is 10.1. The van der Waals surface area contributed by atoms with Crippen molar-refractivity contribution in [2.45, 2.75) is 24.5 Å². The summed E-state index contributed by atoms with van der Waals surface area (Å²) in [5, 5.41) is 8.78. The molecule has 2 aliphatic rings. The molecular formula is C6H11NO4. The molecule has 3 N–H and O–H groups in total. The highest BCUT2D eigenvalue weighted by molar-refractivity contribution is 4.92. The average Bonchev–Trinajstić information content (AvgIpc) is 2.53. The minimum Gasteiger partial charge on any atom is -0.394 e. The first kappa shape index (κ1) is 7.45. The van der Waals surface area contributed by atoms with Crippen LogP contribution in [0.2, 0.25) is 0 Å². The van der Waals surface area contributed by atoms with Crippen LogP contribution in [-0.2, 0) is 14.2 Å². The van der Waals surface area contributed by atoms with E-state index in [1.807, 2.05) is 0 Å². The fourth-order valence-electron chi connectivity index (χ4n) is 1.41. The van der Waals surface area contributed by atoms with E-state index < -0.39 is 0 Å². The van der Waals surface area contributed by atoms with Crippen molar-refractivity contribution in [3.05, 3.63) is 0 Å². The summed E-state index contributed by atoms with van der Waals surface area (Å²) in [7, 11) is 0. The standard InChI is InChI=1S/C6H11NO4/c7-4-3(1-8)11-6-5(4)9-2-10-6/h3-6,8H,1-2,7H2/t3-,4-,5-,6+/m1/s1. The van der Waals surface area contributed by atoms with Crippen molar-refractivity contribution in [1.82, 2.24) is 0 Å². The lowest BCUT2D eigenvalue weighted by molar-refractivity contribution is -0.126. The Bertz CT molecular complexity index is 154. The van der Waals surface area contributed by atoms with Crippen LogP contribution in [0, 0.1) is 0 Å². The van der Waals surface area contributed by atoms with E-state index >= 15 is 0 Å². The molecule has 0 aromatic rings. The quantitative estimate of drug-likeness (QED) is 0.484. The molecule has 5 nitrogen and oxygen atoms in total. The van der Waals surface area contributed by atoms with E-state index in [2.05, 4.69) is 0 Å². The molecule has 2 fully saturated rings. The summed E-state index contributed by atoms with van der Waals surface area (Å²) in [5.74, 6) is 0. The Morgan fingerprint density at radius 1 is 1.45 bits per heavy atom. The average molecular weight is 161 g/mol. The molecule has 2 saturated heterocycles. The van der Waals surface area contributed by atoms with Gasteiger partial charge in [-0.2, -0.15) is 0 Å². The second kappa shape index (κ2) is 2.69. The SMILES string of the molecule is N[C@H]1[C@H]2OCO[C@H]2O[C@@H]1CO. The molecule has 4 atom stereocenters. The number of hydrogen-bond acceptors (Lipinski definition) is 5. The first-order valence-electron chi connectivity index (χ1n) is 3.58. The van der Waals surface area contributed by atoms with Gasteiger partial charge < -0.3 is 25.1 Å². The zero-order chi connectivity index (χ0) is 7.84. The van der Waals surface area contributed by atoms with E-state index in [0.29, 0.717) is 0 Å². The molecular weight excluding hydrogens is 150 g/mol. The highest BCUT2D eigenvalue weighted by atomic mass is 16.8. The fourth-order valence-corrected chi connectivity index (χ4v) is 1.41. The van der Waals surface area contributed by atoms with Crippen molar-refractivity contribution in [1.29, 1.82) is 0 Å². The van der Waals surface area contributed by atoms with Gasteiger partial charge in [-0.25, -0.2) is 0 Å². The number of aliphatic hydroxyl groups excluding tert-OH is 1. The second-order valence-electron chi connectivity index (χ2n) is 2.72. The van der Waals surface area contributed by atoms with Gasteiger partial charge in [-0.1, -0.05) is 0 Å². The van der Waals surface area contributed by atoms with Crippen LogP contribution in [0.3, 0.4) is 0 Å². The maximum absolute atomic E-state index is 8.78. The Kier molecular flexibility index (Phi) is 1.82. The maximum Gasteiger partial charge on any atom is 0.188 e. The van der Waals surface area contributed by atoms with Gasteiger partial charge in [0.05, 0.1) is 12.6 Å². The van der Waals surface area contributed by atoms with Gasteiger partial charge >= 0.3 is 0 Å². The minimum absolute atomic E-state index is 0.0825. The molecule has 0 unspecified atom stereocenters. The molecule has 2 rings (SSSR count). The van der Waals surface area contributed by atoms with Gasteiger partial charge in [0, 0.05) is 0 Å². The predicted octanol–water partition coefficient (Wildman–Crippen LogP) is -1.60. The smallest absolute Gasteiger partial charge is 0.188 e. The maximum atomic E-state index is 8.78. The van der Waals surface area contributed by atoms with E-state index in [1.54, 1.807) is 0 Å². The largest absolute Gasteiger partial charge is 0.394 e. The van der Waals surface area contributed by atoms with Crippen molar-refractivity contribution >= 4 is 0 Å². The van der Waals surface area contributed by atoms with Crippen LogP contribution in [0.25, 0.3) is 0 Å². The first-order chi connectivity index (χ1) is 5.33. The molecule has 64 valence electrons. The molecule has 0 bridgehead atoms. The van der Waals surface area contributed by atoms with Crippen LogP contribution in [-0.4, -0.2) is 43.0 Å². The summed E-state index contributed by atoms with van der Waals surface area (Å²) in [6.45, 7) is 0.155. The Morgan fingerprint density at radius 2 is 2.27 bits per heavy atom. The van der Waals surface area contributed by atoms with Crippen molar-refractivity contribution in [3.8, 4) is 0 Å². The van der Waals surface area contributed by atoms with E-state index in [0.717, 1.165) is 0 Å². The number of ether oxygens (including phenoxy) is 3. The van der Waals surface area contributed by atoms with Gasteiger partial charge in [-0.05, 0) is 0 Å². The molecule has 0 aliphatic carbocycles. The molecule has 0 amide bonds. The number of hydrogen-bond donors (Lipinski definition) is 2. The van der Waals surface area contributed by atoms with Crippen LogP contribution in [0.4, 0.5) is 0 Å². The van der Waals surface area contributed by atoms with Crippen molar-refractivity contribution in [2.75, 3.05) is 13.4 Å². The van der Waals surface area contributed by atoms with E-state index in [1.165, 1.54) is 0 Å². The summed E-state index contributed by atoms with van der Waals surface area (Å²) in [6, 6.07) is -0.271. The van der Waals surface area contributed by atoms with Crippen molar-refractivity contribution < 1.29 is 19.3 Å². The summed E-state index contributed by atoms with van der Waals surface area (Å²) >= 11 is 0. The Balaban J connectivity index is 2.04. The Morgan fingerprint density at radius 3 is 2.91 bits per heavy atom. The number of nitrogens with two attached hydrogens (primary N) is 1. The topological polar surface area (TPSA) is 73.9 Å². The molecule has 2 aliphatic heterocycles. The third-order valence-corrected chi connectivity index (χ3v) is 2.06. The zero-order valence-corrected chi connectivity index (χ0v) is 5.97. The molecule has 0 saturated carbocycles. The van der Waals surface area contributed by atoms with E-state index in [9.17, 15) is 0 Å². The number of fused-ring (bicyclic) bond motifs is 1. The van der Waals surface area contributed by atoms with Gasteiger partial charge in [0.1, 0.15) is 12.2 Å². The summed E-state index contributed by atoms with van der Waals surface area (Å²) in [4.78, 5) is 0. The van der Waals surface area contributed by atoms with Crippen LogP contribution in [0.15, 0.2) is 0 Å². The molecule has 0 spiro atoms. The predicted molar refractivity (Wildman–Crippen MR) is 34.5 cm³/mol. The molecule has 5 heteroatoms. The molecule has 11 heavy (non-hydrogen) atoms. The lowest BCUT2D eigenvalue weighted by Crippen LogP contribution is -2.41. The number of aliphatic hydroxyl groups is 1. The van der Waals surface area contributed by atoms with Crippen LogP contribution in [0.5, 0.6) is 0 Å². The number of rotatable bonds is 1. The van der Waals surface area contributed by atoms with Crippen molar-refractivity contribution in [2.24, 2.45) is 5.73 Å². The van der Waals surface area contributed by atoms with Crippen LogP contribution < -0.4 is 5.73 Å². The minimum atomic E-state index is -0.373. The molecule has 0 aromatic heterocycles. The monoisotopic (exact) mass is 161 g/mol. The van der Waals surface area contributed by atoms with E-state index in [4.69, 9.17) is 25.1 Å². The van der Waals surface area contributed by atoms with Gasteiger partial charge in [0.2, 0.25) is 0 Å².